The lowest BCUT2D eigenvalue weighted by Crippen LogP contribution is -1.93. The van der Waals surface area contributed by atoms with Crippen molar-refractivity contribution in [3.63, 3.8) is 0 Å². The van der Waals surface area contributed by atoms with Gasteiger partial charge in [0, 0.05) is 11.8 Å². The number of hydrogen-bond acceptors (Lipinski definition) is 5. The summed E-state index contributed by atoms with van der Waals surface area (Å²) in [5, 5.41) is 9.08. The molecule has 19 heavy (non-hydrogen) atoms. The van der Waals surface area contributed by atoms with Crippen LogP contribution in [0.2, 0.25) is 0 Å². The van der Waals surface area contributed by atoms with E-state index in [2.05, 4.69) is 15.2 Å². The van der Waals surface area contributed by atoms with E-state index in [1.807, 2.05) is 43.3 Å². The number of aromatic nitrogens is 4. The first-order valence-corrected chi connectivity index (χ1v) is 6.82. The maximum Gasteiger partial charge on any atom is 0.209 e. The van der Waals surface area contributed by atoms with Gasteiger partial charge in [-0.3, -0.25) is 0 Å². The molecule has 2 heterocycles. The summed E-state index contributed by atoms with van der Waals surface area (Å²) in [6, 6.07) is 11.8. The van der Waals surface area contributed by atoms with Crippen molar-refractivity contribution < 1.29 is 4.52 Å². The third-order valence-corrected chi connectivity index (χ3v) is 3.40. The number of para-hydroxylation sites is 1. The number of rotatable bonds is 4. The molecule has 0 aliphatic rings. The van der Waals surface area contributed by atoms with Gasteiger partial charge in [-0.2, -0.15) is 0 Å². The Morgan fingerprint density at radius 1 is 1.26 bits per heavy atom. The zero-order chi connectivity index (χ0) is 13.1. The number of aryl methyl sites for hydroxylation is 1. The molecule has 0 spiro atoms. The molecule has 5 nitrogen and oxygen atoms in total. The number of nitrogens with zero attached hydrogens (tertiary/aromatic N) is 4. The van der Waals surface area contributed by atoms with Gasteiger partial charge in [0.15, 0.2) is 0 Å². The predicted molar refractivity (Wildman–Crippen MR) is 72.2 cm³/mol. The second kappa shape index (κ2) is 5.27. The smallest absolute Gasteiger partial charge is 0.209 e. The molecule has 0 amide bonds. The Morgan fingerprint density at radius 3 is 2.84 bits per heavy atom. The standard InChI is InChI=1S/C13H12N4OS/c1-10-7-11(16-18-10)8-19-13-14-9-17(15-13)12-5-3-2-4-6-12/h2-7,9H,8H2,1H3. The zero-order valence-electron chi connectivity index (χ0n) is 10.4. The lowest BCUT2D eigenvalue weighted by molar-refractivity contribution is 0.393. The van der Waals surface area contributed by atoms with Crippen molar-refractivity contribution in [3.8, 4) is 5.69 Å². The fourth-order valence-electron chi connectivity index (χ4n) is 1.64. The Kier molecular flexibility index (Phi) is 3.33. The van der Waals surface area contributed by atoms with Gasteiger partial charge >= 0.3 is 0 Å². The molecule has 0 saturated carbocycles. The quantitative estimate of drug-likeness (QED) is 0.683. The van der Waals surface area contributed by atoms with Crippen molar-refractivity contribution >= 4 is 11.8 Å². The van der Waals surface area contributed by atoms with Crippen molar-refractivity contribution in [1.82, 2.24) is 19.9 Å². The number of thioether (sulfide) groups is 1. The Balaban J connectivity index is 1.68. The average Bonchev–Trinajstić information content (AvgIpc) is 3.06. The monoisotopic (exact) mass is 272 g/mol. The van der Waals surface area contributed by atoms with Crippen LogP contribution in [0.25, 0.3) is 5.69 Å². The van der Waals surface area contributed by atoms with Gasteiger partial charge in [0.1, 0.15) is 12.1 Å². The van der Waals surface area contributed by atoms with E-state index in [1.165, 1.54) is 11.8 Å². The normalized spacial score (nSPS) is 10.8. The summed E-state index contributed by atoms with van der Waals surface area (Å²) in [5.41, 5.74) is 1.90. The minimum absolute atomic E-state index is 0.705. The Labute approximate surface area is 114 Å². The highest BCUT2D eigenvalue weighted by Crippen LogP contribution is 2.19. The SMILES string of the molecule is Cc1cc(CSc2ncn(-c3ccccc3)n2)no1. The first-order chi connectivity index (χ1) is 9.31. The van der Waals surface area contributed by atoms with Crippen LogP contribution in [0.3, 0.4) is 0 Å². The third kappa shape index (κ3) is 2.85. The fraction of sp³-hybridized carbons (Fsp3) is 0.154. The summed E-state index contributed by atoms with van der Waals surface area (Å²) in [4.78, 5) is 4.27. The second-order valence-corrected chi connectivity index (χ2v) is 4.97. The molecule has 0 unspecified atom stereocenters. The van der Waals surface area contributed by atoms with Gasteiger partial charge in [0.2, 0.25) is 5.16 Å². The maximum absolute atomic E-state index is 5.02. The van der Waals surface area contributed by atoms with Crippen molar-refractivity contribution in [2.75, 3.05) is 0 Å². The summed E-state index contributed by atoms with van der Waals surface area (Å²) in [6.07, 6.45) is 1.71. The summed E-state index contributed by atoms with van der Waals surface area (Å²) < 4.78 is 6.78. The van der Waals surface area contributed by atoms with Crippen LogP contribution < -0.4 is 0 Å². The van der Waals surface area contributed by atoms with Crippen molar-refractivity contribution in [3.05, 3.63) is 54.2 Å². The van der Waals surface area contributed by atoms with Crippen molar-refractivity contribution in [1.29, 1.82) is 0 Å². The minimum Gasteiger partial charge on any atom is -0.361 e. The van der Waals surface area contributed by atoms with E-state index in [0.29, 0.717) is 5.75 Å². The lowest BCUT2D eigenvalue weighted by atomic mass is 10.3. The first-order valence-electron chi connectivity index (χ1n) is 5.83. The highest BCUT2D eigenvalue weighted by atomic mass is 32.2. The molecule has 3 rings (SSSR count). The van der Waals surface area contributed by atoms with Gasteiger partial charge < -0.3 is 4.52 Å². The lowest BCUT2D eigenvalue weighted by Gasteiger charge is -1.97. The number of hydrogen-bond donors (Lipinski definition) is 0. The molecule has 6 heteroatoms. The second-order valence-electron chi connectivity index (χ2n) is 4.02. The van der Waals surface area contributed by atoms with Crippen LogP contribution in [0.1, 0.15) is 11.5 Å². The predicted octanol–water partition coefficient (Wildman–Crippen LogP) is 2.86. The molecule has 0 radical (unpaired) electrons. The summed E-state index contributed by atoms with van der Waals surface area (Å²) in [6.45, 7) is 1.88. The van der Waals surface area contributed by atoms with Gasteiger partial charge in [0.25, 0.3) is 0 Å². The number of benzene rings is 1. The van der Waals surface area contributed by atoms with Gasteiger partial charge in [-0.15, -0.1) is 5.10 Å². The third-order valence-electron chi connectivity index (χ3n) is 2.52. The van der Waals surface area contributed by atoms with Crippen LogP contribution >= 0.6 is 11.8 Å². The Hall–Kier alpha value is -2.08. The largest absolute Gasteiger partial charge is 0.361 e. The van der Waals surface area contributed by atoms with Crippen LogP contribution in [-0.4, -0.2) is 19.9 Å². The van der Waals surface area contributed by atoms with E-state index in [1.54, 1.807) is 11.0 Å². The van der Waals surface area contributed by atoms with Crippen LogP contribution in [0.5, 0.6) is 0 Å². The molecule has 0 aliphatic heterocycles. The van der Waals surface area contributed by atoms with Crippen molar-refractivity contribution in [2.45, 2.75) is 17.8 Å². The molecular weight excluding hydrogens is 260 g/mol. The van der Waals surface area contributed by atoms with Gasteiger partial charge in [-0.1, -0.05) is 35.1 Å². The topological polar surface area (TPSA) is 56.7 Å². The molecule has 0 atom stereocenters. The molecule has 0 N–H and O–H groups in total. The van der Waals surface area contributed by atoms with Crippen molar-refractivity contribution in [2.24, 2.45) is 0 Å². The van der Waals surface area contributed by atoms with Gasteiger partial charge in [-0.25, -0.2) is 9.67 Å². The van der Waals surface area contributed by atoms with Crippen LogP contribution in [-0.2, 0) is 5.75 Å². The average molecular weight is 272 g/mol. The van der Waals surface area contributed by atoms with Crippen LogP contribution in [0.4, 0.5) is 0 Å². The summed E-state index contributed by atoms with van der Waals surface area (Å²) in [5.74, 6) is 1.52. The van der Waals surface area contributed by atoms with Gasteiger partial charge in [-0.05, 0) is 19.1 Å². The van der Waals surface area contributed by atoms with Crippen LogP contribution in [0.15, 0.2) is 52.4 Å². The summed E-state index contributed by atoms with van der Waals surface area (Å²) >= 11 is 1.54. The first kappa shape index (κ1) is 12.0. The highest BCUT2D eigenvalue weighted by molar-refractivity contribution is 7.98. The highest BCUT2D eigenvalue weighted by Gasteiger charge is 2.06. The van der Waals surface area contributed by atoms with Gasteiger partial charge in [0.05, 0.1) is 11.4 Å². The zero-order valence-corrected chi connectivity index (χ0v) is 11.2. The molecule has 0 bridgehead atoms. The molecule has 2 aromatic heterocycles. The van der Waals surface area contributed by atoms with Crippen LogP contribution in [0, 0.1) is 6.92 Å². The van der Waals surface area contributed by atoms with E-state index in [9.17, 15) is 0 Å². The van der Waals surface area contributed by atoms with E-state index in [4.69, 9.17) is 4.52 Å². The van der Waals surface area contributed by atoms with E-state index in [-0.39, 0.29) is 0 Å². The van der Waals surface area contributed by atoms with E-state index in [0.717, 1.165) is 22.3 Å². The molecule has 3 aromatic rings. The molecule has 96 valence electrons. The fourth-order valence-corrected chi connectivity index (χ4v) is 2.32. The Bertz CT molecular complexity index is 662. The van der Waals surface area contributed by atoms with E-state index >= 15 is 0 Å². The Morgan fingerprint density at radius 2 is 2.11 bits per heavy atom. The summed E-state index contributed by atoms with van der Waals surface area (Å²) in [7, 11) is 0. The molecule has 0 fully saturated rings. The molecule has 0 aliphatic carbocycles. The minimum atomic E-state index is 0.705. The molecule has 0 saturated heterocycles. The maximum atomic E-state index is 5.02. The molecule has 1 aromatic carbocycles. The van der Waals surface area contributed by atoms with E-state index < -0.39 is 0 Å². The molecular formula is C13H12N4OS.